The molecule has 5 nitrogen and oxygen atoms in total. The van der Waals surface area contributed by atoms with Crippen molar-refractivity contribution in [2.75, 3.05) is 24.5 Å². The molecule has 1 aromatic rings. The predicted molar refractivity (Wildman–Crippen MR) is 80.9 cm³/mol. The van der Waals surface area contributed by atoms with Crippen molar-refractivity contribution in [3.8, 4) is 0 Å². The van der Waals surface area contributed by atoms with Crippen LogP contribution >= 0.6 is 0 Å². The molecule has 5 heteroatoms. The molecule has 2 rings (SSSR count). The maximum atomic E-state index is 5.91. The maximum Gasteiger partial charge on any atom is 0.147 e. The lowest BCUT2D eigenvalue weighted by Crippen LogP contribution is -2.52. The van der Waals surface area contributed by atoms with Gasteiger partial charge in [-0.25, -0.2) is 4.98 Å². The lowest BCUT2D eigenvalue weighted by Gasteiger charge is -2.42. The van der Waals surface area contributed by atoms with Crippen LogP contribution in [0.5, 0.6) is 0 Å². The van der Waals surface area contributed by atoms with Gasteiger partial charge >= 0.3 is 0 Å². The minimum Gasteiger partial charge on any atom is -0.369 e. The minimum atomic E-state index is -0.138. The highest BCUT2D eigenvalue weighted by Crippen LogP contribution is 2.24. The Morgan fingerprint density at radius 2 is 2.20 bits per heavy atom. The van der Waals surface area contributed by atoms with E-state index in [4.69, 9.17) is 4.74 Å². The third-order valence-corrected chi connectivity index (χ3v) is 3.32. The van der Waals surface area contributed by atoms with Gasteiger partial charge in [0.1, 0.15) is 5.82 Å². The van der Waals surface area contributed by atoms with E-state index in [0.29, 0.717) is 0 Å². The lowest BCUT2D eigenvalue weighted by molar-refractivity contribution is -0.0751. The number of nitrogens with zero attached hydrogens (tertiary/aromatic N) is 3. The Morgan fingerprint density at radius 3 is 2.80 bits per heavy atom. The summed E-state index contributed by atoms with van der Waals surface area (Å²) in [6.07, 6.45) is 5.08. The van der Waals surface area contributed by atoms with Gasteiger partial charge in [-0.15, -0.1) is 0 Å². The predicted octanol–water partition coefficient (Wildman–Crippen LogP) is 1.98. The van der Waals surface area contributed by atoms with Crippen molar-refractivity contribution >= 4 is 5.82 Å². The maximum absolute atomic E-state index is 5.91. The van der Waals surface area contributed by atoms with Crippen molar-refractivity contribution in [2.45, 2.75) is 52.4 Å². The van der Waals surface area contributed by atoms with Crippen LogP contribution in [0.2, 0.25) is 0 Å². The topological polar surface area (TPSA) is 50.3 Å². The lowest BCUT2D eigenvalue weighted by atomic mass is 10.1. The van der Waals surface area contributed by atoms with Crippen molar-refractivity contribution in [3.05, 3.63) is 18.1 Å². The first-order valence-corrected chi connectivity index (χ1v) is 7.44. The van der Waals surface area contributed by atoms with Crippen molar-refractivity contribution < 1.29 is 4.74 Å². The van der Waals surface area contributed by atoms with E-state index < -0.39 is 0 Å². The summed E-state index contributed by atoms with van der Waals surface area (Å²) in [5.41, 5.74) is 0.850. The molecule has 0 bridgehead atoms. The fraction of sp³-hybridized carbons (Fsp3) is 0.733. The van der Waals surface area contributed by atoms with Gasteiger partial charge in [-0.3, -0.25) is 4.98 Å². The number of morpholine rings is 1. The van der Waals surface area contributed by atoms with Crippen molar-refractivity contribution in [1.82, 2.24) is 15.3 Å². The van der Waals surface area contributed by atoms with E-state index in [1.165, 1.54) is 0 Å². The second-order valence-electron chi connectivity index (χ2n) is 6.11. The van der Waals surface area contributed by atoms with Gasteiger partial charge < -0.3 is 15.0 Å². The SMILES string of the molecule is CCCNCc1cnc(N2CC(C)OC(C)(C)C2)cn1. The average molecular weight is 278 g/mol. The zero-order valence-corrected chi connectivity index (χ0v) is 13.0. The van der Waals surface area contributed by atoms with E-state index in [2.05, 4.69) is 47.9 Å². The Balaban J connectivity index is 1.98. The van der Waals surface area contributed by atoms with Crippen LogP contribution in [0, 0.1) is 0 Å². The number of hydrogen-bond donors (Lipinski definition) is 1. The van der Waals surface area contributed by atoms with Gasteiger partial charge in [-0.1, -0.05) is 6.92 Å². The van der Waals surface area contributed by atoms with Crippen molar-refractivity contribution in [3.63, 3.8) is 0 Å². The van der Waals surface area contributed by atoms with Gasteiger partial charge in [0, 0.05) is 19.6 Å². The summed E-state index contributed by atoms with van der Waals surface area (Å²) in [6.45, 7) is 12.0. The molecule has 0 aliphatic carbocycles. The second-order valence-corrected chi connectivity index (χ2v) is 6.11. The monoisotopic (exact) mass is 278 g/mol. The number of aromatic nitrogens is 2. The Kier molecular flexibility index (Phi) is 4.94. The zero-order chi connectivity index (χ0) is 14.6. The highest BCUT2D eigenvalue weighted by atomic mass is 16.5. The van der Waals surface area contributed by atoms with Gasteiger partial charge in [0.2, 0.25) is 0 Å². The third kappa shape index (κ3) is 4.15. The molecule has 0 saturated carbocycles. The molecule has 1 aliphatic heterocycles. The molecular formula is C15H26N4O. The normalized spacial score (nSPS) is 22.0. The van der Waals surface area contributed by atoms with E-state index >= 15 is 0 Å². The average Bonchev–Trinajstić information content (AvgIpc) is 2.37. The Hall–Kier alpha value is -1.20. The van der Waals surface area contributed by atoms with Crippen LogP contribution in [0.3, 0.4) is 0 Å². The highest BCUT2D eigenvalue weighted by molar-refractivity contribution is 5.37. The van der Waals surface area contributed by atoms with E-state index in [1.807, 2.05) is 12.4 Å². The molecular weight excluding hydrogens is 252 g/mol. The van der Waals surface area contributed by atoms with Crippen LogP contribution in [-0.4, -0.2) is 41.3 Å². The highest BCUT2D eigenvalue weighted by Gasteiger charge is 2.31. The van der Waals surface area contributed by atoms with Crippen LogP contribution in [0.1, 0.15) is 39.8 Å². The number of hydrogen-bond acceptors (Lipinski definition) is 5. The van der Waals surface area contributed by atoms with Gasteiger partial charge in [0.05, 0.1) is 29.8 Å². The first-order chi connectivity index (χ1) is 9.50. The molecule has 20 heavy (non-hydrogen) atoms. The molecule has 1 atom stereocenters. The number of anilines is 1. The summed E-state index contributed by atoms with van der Waals surface area (Å²) in [6, 6.07) is 0. The van der Waals surface area contributed by atoms with E-state index in [0.717, 1.165) is 44.1 Å². The molecule has 0 amide bonds. The van der Waals surface area contributed by atoms with Crippen LogP contribution in [0.4, 0.5) is 5.82 Å². The van der Waals surface area contributed by atoms with E-state index in [1.54, 1.807) is 0 Å². The molecule has 1 aliphatic rings. The second kappa shape index (κ2) is 6.50. The Labute approximate surface area is 121 Å². The molecule has 0 radical (unpaired) electrons. The molecule has 2 heterocycles. The molecule has 0 spiro atoms. The summed E-state index contributed by atoms with van der Waals surface area (Å²) in [5, 5.41) is 3.33. The summed E-state index contributed by atoms with van der Waals surface area (Å²) >= 11 is 0. The van der Waals surface area contributed by atoms with E-state index in [9.17, 15) is 0 Å². The quantitative estimate of drug-likeness (QED) is 0.835. The third-order valence-electron chi connectivity index (χ3n) is 3.32. The van der Waals surface area contributed by atoms with Gasteiger partial charge in [-0.05, 0) is 33.7 Å². The molecule has 1 unspecified atom stereocenters. The molecule has 0 aromatic carbocycles. The van der Waals surface area contributed by atoms with Crippen LogP contribution in [0.15, 0.2) is 12.4 Å². The molecule has 1 aromatic heterocycles. The van der Waals surface area contributed by atoms with E-state index in [-0.39, 0.29) is 11.7 Å². The van der Waals surface area contributed by atoms with Gasteiger partial charge in [-0.2, -0.15) is 0 Å². The van der Waals surface area contributed by atoms with Crippen LogP contribution in [0.25, 0.3) is 0 Å². The summed E-state index contributed by atoms with van der Waals surface area (Å²) in [5.74, 6) is 0.937. The fourth-order valence-electron chi connectivity index (χ4n) is 2.62. The molecule has 1 N–H and O–H groups in total. The molecule has 112 valence electrons. The minimum absolute atomic E-state index is 0.138. The number of ether oxygens (including phenoxy) is 1. The standard InChI is InChI=1S/C15H26N4O/c1-5-6-16-7-13-8-18-14(9-17-13)19-10-12(2)20-15(3,4)11-19/h8-9,12,16H,5-7,10-11H2,1-4H3. The summed E-state index contributed by atoms with van der Waals surface area (Å²) in [4.78, 5) is 11.3. The smallest absolute Gasteiger partial charge is 0.147 e. The number of rotatable bonds is 5. The van der Waals surface area contributed by atoms with Gasteiger partial charge in [0.15, 0.2) is 0 Å². The summed E-state index contributed by atoms with van der Waals surface area (Å²) in [7, 11) is 0. The molecule has 1 fully saturated rings. The molecule has 1 saturated heterocycles. The Bertz CT molecular complexity index is 418. The Morgan fingerprint density at radius 1 is 1.40 bits per heavy atom. The van der Waals surface area contributed by atoms with Crippen molar-refractivity contribution in [2.24, 2.45) is 0 Å². The number of nitrogens with one attached hydrogen (secondary N) is 1. The zero-order valence-electron chi connectivity index (χ0n) is 13.0. The summed E-state index contributed by atoms with van der Waals surface area (Å²) < 4.78 is 5.91. The first kappa shape index (κ1) is 15.2. The largest absolute Gasteiger partial charge is 0.369 e. The fourth-order valence-corrected chi connectivity index (χ4v) is 2.62. The van der Waals surface area contributed by atoms with Crippen molar-refractivity contribution in [1.29, 1.82) is 0 Å². The van der Waals surface area contributed by atoms with Crippen LogP contribution in [-0.2, 0) is 11.3 Å². The van der Waals surface area contributed by atoms with Gasteiger partial charge in [0.25, 0.3) is 0 Å². The first-order valence-electron chi connectivity index (χ1n) is 7.44. The van der Waals surface area contributed by atoms with Crippen LogP contribution < -0.4 is 10.2 Å².